The molecule has 0 aromatic heterocycles. The summed E-state index contributed by atoms with van der Waals surface area (Å²) in [5, 5.41) is 2.91. The first-order valence-corrected chi connectivity index (χ1v) is 5.03. The summed E-state index contributed by atoms with van der Waals surface area (Å²) in [5.74, 6) is -0.190. The third kappa shape index (κ3) is 13.4. The van der Waals surface area contributed by atoms with E-state index in [4.69, 9.17) is 10.3 Å². The molecule has 0 amide bonds. The summed E-state index contributed by atoms with van der Waals surface area (Å²) >= 11 is 0. The molecule has 70 valence electrons. The van der Waals surface area contributed by atoms with Crippen LogP contribution in [0.3, 0.4) is 0 Å². The fourth-order valence-electron chi connectivity index (χ4n) is 0.607. The monoisotopic (exact) mass is 206 g/mol. The van der Waals surface area contributed by atoms with Crippen molar-refractivity contribution in [2.45, 2.75) is 6.42 Å². The Hall–Kier alpha value is 0.830. The van der Waals surface area contributed by atoms with Gasteiger partial charge < -0.3 is 11.1 Å². The molecule has 0 atom stereocenters. The second-order valence-corrected chi connectivity index (χ2v) is 3.75. The zero-order chi connectivity index (χ0) is 8.74. The average molecular weight is 206 g/mol. The van der Waals surface area contributed by atoms with Crippen molar-refractivity contribution in [2.24, 2.45) is 5.73 Å². The van der Waals surface area contributed by atoms with E-state index in [1.807, 2.05) is 0 Å². The van der Waals surface area contributed by atoms with Gasteiger partial charge in [0.25, 0.3) is 10.1 Å². The van der Waals surface area contributed by atoms with E-state index < -0.39 is 10.1 Å². The van der Waals surface area contributed by atoms with Crippen LogP contribution in [0.1, 0.15) is 6.42 Å². The summed E-state index contributed by atoms with van der Waals surface area (Å²) in [5.41, 5.74) is 5.17. The summed E-state index contributed by atoms with van der Waals surface area (Å²) in [6.07, 6.45) is 0.416. The van der Waals surface area contributed by atoms with Gasteiger partial charge in [0.15, 0.2) is 0 Å². The third-order valence-electron chi connectivity index (χ3n) is 1.08. The van der Waals surface area contributed by atoms with E-state index in [0.29, 0.717) is 26.1 Å². The van der Waals surface area contributed by atoms with Gasteiger partial charge >= 0.3 is 29.6 Å². The van der Waals surface area contributed by atoms with Gasteiger partial charge in [0.2, 0.25) is 0 Å². The molecule has 0 aliphatic rings. The van der Waals surface area contributed by atoms with E-state index in [1.165, 1.54) is 0 Å². The minimum atomic E-state index is -3.78. The maximum atomic E-state index is 10.2. The van der Waals surface area contributed by atoms with E-state index in [0.717, 1.165) is 0 Å². The van der Waals surface area contributed by atoms with E-state index >= 15 is 0 Å². The Bertz CT molecular complexity index is 183. The molecule has 0 spiro atoms. The maximum absolute atomic E-state index is 10.2. The normalized spacial score (nSPS) is 10.8. The molecule has 0 bridgehead atoms. The topological polar surface area (TPSA) is 92.4 Å². The standard InChI is InChI=1S/C5H14N2O3S.Na.H/c6-2-4-7-3-1-5-11(8,9)10;;/h7H,1-6H2,(H,8,9,10);;. The number of nitrogens with one attached hydrogen (secondary N) is 1. The van der Waals surface area contributed by atoms with Crippen LogP contribution in [0.2, 0.25) is 0 Å². The quantitative estimate of drug-likeness (QED) is 0.270. The molecule has 4 N–H and O–H groups in total. The Balaban J connectivity index is 0. The van der Waals surface area contributed by atoms with Crippen molar-refractivity contribution in [3.8, 4) is 0 Å². The van der Waals surface area contributed by atoms with Crippen LogP contribution in [-0.2, 0) is 10.1 Å². The van der Waals surface area contributed by atoms with E-state index in [1.54, 1.807) is 0 Å². The fourth-order valence-corrected chi connectivity index (χ4v) is 1.12. The first-order chi connectivity index (χ1) is 5.06. The third-order valence-corrected chi connectivity index (χ3v) is 1.88. The van der Waals surface area contributed by atoms with Crippen molar-refractivity contribution in [3.05, 3.63) is 0 Å². The van der Waals surface area contributed by atoms with Crippen molar-refractivity contribution >= 4 is 39.7 Å². The Morgan fingerprint density at radius 3 is 2.33 bits per heavy atom. The molecule has 12 heavy (non-hydrogen) atoms. The van der Waals surface area contributed by atoms with Crippen molar-refractivity contribution in [3.63, 3.8) is 0 Å². The molecule has 0 fully saturated rings. The average Bonchev–Trinajstić information content (AvgIpc) is 1.85. The van der Waals surface area contributed by atoms with Crippen LogP contribution < -0.4 is 11.1 Å². The molecule has 0 aromatic carbocycles. The molecule has 0 radical (unpaired) electrons. The summed E-state index contributed by atoms with van der Waals surface area (Å²) in [4.78, 5) is 0. The van der Waals surface area contributed by atoms with Gasteiger partial charge in [0.05, 0.1) is 5.75 Å². The van der Waals surface area contributed by atoms with Crippen LogP contribution in [0.15, 0.2) is 0 Å². The summed E-state index contributed by atoms with van der Waals surface area (Å²) in [6.45, 7) is 1.77. The molecule has 5 nitrogen and oxygen atoms in total. The Morgan fingerprint density at radius 2 is 1.92 bits per heavy atom. The molecule has 0 aromatic rings. The van der Waals surface area contributed by atoms with Gasteiger partial charge in [-0.3, -0.25) is 4.55 Å². The molecule has 0 unspecified atom stereocenters. The molecule has 0 rings (SSSR count). The van der Waals surface area contributed by atoms with E-state index in [-0.39, 0.29) is 35.3 Å². The summed E-state index contributed by atoms with van der Waals surface area (Å²) in [7, 11) is -3.78. The summed E-state index contributed by atoms with van der Waals surface area (Å²) in [6, 6.07) is 0. The van der Waals surface area contributed by atoms with Crippen molar-refractivity contribution in [2.75, 3.05) is 25.4 Å². The van der Waals surface area contributed by atoms with E-state index in [2.05, 4.69) is 5.32 Å². The van der Waals surface area contributed by atoms with Crippen LogP contribution in [0.4, 0.5) is 0 Å². The zero-order valence-corrected chi connectivity index (χ0v) is 7.10. The number of nitrogens with two attached hydrogens (primary N) is 1. The van der Waals surface area contributed by atoms with Gasteiger partial charge in [-0.15, -0.1) is 0 Å². The second kappa shape index (κ2) is 8.43. The number of rotatable bonds is 6. The fraction of sp³-hybridized carbons (Fsp3) is 1.00. The Morgan fingerprint density at radius 1 is 1.33 bits per heavy atom. The van der Waals surface area contributed by atoms with Gasteiger partial charge in [0.1, 0.15) is 0 Å². The predicted molar refractivity (Wildman–Crippen MR) is 50.1 cm³/mol. The zero-order valence-electron chi connectivity index (χ0n) is 6.28. The van der Waals surface area contributed by atoms with Crippen molar-refractivity contribution in [1.82, 2.24) is 5.32 Å². The second-order valence-electron chi connectivity index (χ2n) is 2.18. The molecule has 0 saturated heterocycles. The Labute approximate surface area is 95.1 Å². The van der Waals surface area contributed by atoms with Crippen LogP contribution >= 0.6 is 0 Å². The molecule has 0 heterocycles. The molecule has 0 aliphatic heterocycles. The van der Waals surface area contributed by atoms with Crippen LogP contribution in [0, 0.1) is 0 Å². The predicted octanol–water partition coefficient (Wildman–Crippen LogP) is -1.84. The van der Waals surface area contributed by atoms with Gasteiger partial charge in [-0.1, -0.05) is 0 Å². The molecule has 0 saturated carbocycles. The Kier molecular flexibility index (Phi) is 10.8. The van der Waals surface area contributed by atoms with Gasteiger partial charge in [-0.25, -0.2) is 0 Å². The number of hydrogen-bond donors (Lipinski definition) is 3. The number of hydrogen-bond acceptors (Lipinski definition) is 4. The molecular formula is C5H15N2NaO3S. The summed E-state index contributed by atoms with van der Waals surface area (Å²) < 4.78 is 28.6. The van der Waals surface area contributed by atoms with Gasteiger partial charge in [-0.05, 0) is 13.0 Å². The van der Waals surface area contributed by atoms with Gasteiger partial charge in [0, 0.05) is 13.1 Å². The van der Waals surface area contributed by atoms with Crippen LogP contribution in [-0.4, -0.2) is 67.9 Å². The molecular weight excluding hydrogens is 191 g/mol. The van der Waals surface area contributed by atoms with Crippen molar-refractivity contribution < 1.29 is 13.0 Å². The van der Waals surface area contributed by atoms with Gasteiger partial charge in [-0.2, -0.15) is 8.42 Å². The van der Waals surface area contributed by atoms with Crippen LogP contribution in [0.25, 0.3) is 0 Å². The first kappa shape index (κ1) is 15.3. The van der Waals surface area contributed by atoms with Crippen molar-refractivity contribution in [1.29, 1.82) is 0 Å². The first-order valence-electron chi connectivity index (χ1n) is 3.42. The molecule has 0 aliphatic carbocycles. The van der Waals surface area contributed by atoms with E-state index in [9.17, 15) is 8.42 Å². The molecule has 7 heteroatoms. The van der Waals surface area contributed by atoms with Crippen LogP contribution in [0.5, 0.6) is 0 Å². The SMILES string of the molecule is NCCNCCCS(=O)(=O)O.[NaH]. The minimum absolute atomic E-state index is 0.